The lowest BCUT2D eigenvalue weighted by molar-refractivity contribution is -0.145. The highest BCUT2D eigenvalue weighted by Crippen LogP contribution is 2.47. The molecule has 114 valence electrons. The standard InChI is InChI=1S/C13H25BN2O4/c15-13(11(17)18)9-12(5-3-7-16-12)8-10(13)4-1-2-6-14(19)20/h10,16,19-20H,1-9,15H2,(H,17,18). The van der Waals surface area contributed by atoms with Gasteiger partial charge in [0.2, 0.25) is 0 Å². The van der Waals surface area contributed by atoms with Gasteiger partial charge >= 0.3 is 13.1 Å². The topological polar surface area (TPSA) is 116 Å². The lowest BCUT2D eigenvalue weighted by Crippen LogP contribution is -2.52. The van der Waals surface area contributed by atoms with Crippen LogP contribution < -0.4 is 11.1 Å². The summed E-state index contributed by atoms with van der Waals surface area (Å²) in [6.45, 7) is 0.944. The lowest BCUT2D eigenvalue weighted by Gasteiger charge is -2.27. The third-order valence-electron chi connectivity index (χ3n) is 4.99. The van der Waals surface area contributed by atoms with Crippen LogP contribution in [0.25, 0.3) is 0 Å². The number of unbranched alkanes of at least 4 members (excludes halogenated alkanes) is 1. The summed E-state index contributed by atoms with van der Waals surface area (Å²) in [5, 5.41) is 30.6. The lowest BCUT2D eigenvalue weighted by atomic mass is 9.80. The molecule has 0 amide bonds. The van der Waals surface area contributed by atoms with Crippen LogP contribution >= 0.6 is 0 Å². The number of carbonyl (C=O) groups is 1. The van der Waals surface area contributed by atoms with Gasteiger partial charge in [-0.1, -0.05) is 12.8 Å². The molecular weight excluding hydrogens is 259 g/mol. The van der Waals surface area contributed by atoms with Crippen molar-refractivity contribution < 1.29 is 19.9 Å². The van der Waals surface area contributed by atoms with Crippen molar-refractivity contribution in [1.29, 1.82) is 0 Å². The summed E-state index contributed by atoms with van der Waals surface area (Å²) < 4.78 is 0. The van der Waals surface area contributed by atoms with Gasteiger partial charge in [-0.05, 0) is 50.9 Å². The summed E-state index contributed by atoms with van der Waals surface area (Å²) in [5.41, 5.74) is 4.97. The van der Waals surface area contributed by atoms with E-state index in [4.69, 9.17) is 15.8 Å². The quantitative estimate of drug-likeness (QED) is 0.345. The van der Waals surface area contributed by atoms with Crippen molar-refractivity contribution in [1.82, 2.24) is 5.32 Å². The molecule has 1 saturated carbocycles. The second-order valence-corrected chi connectivity index (χ2v) is 6.50. The summed E-state index contributed by atoms with van der Waals surface area (Å²) in [4.78, 5) is 11.6. The molecule has 0 aromatic rings. The van der Waals surface area contributed by atoms with E-state index in [-0.39, 0.29) is 11.5 Å². The molecule has 2 fully saturated rings. The number of rotatable bonds is 6. The molecule has 1 aliphatic carbocycles. The van der Waals surface area contributed by atoms with Crippen molar-refractivity contribution >= 4 is 13.1 Å². The number of nitrogens with two attached hydrogens (primary N) is 1. The highest BCUT2D eigenvalue weighted by atomic mass is 16.4. The Balaban J connectivity index is 1.96. The van der Waals surface area contributed by atoms with Gasteiger partial charge in [-0.2, -0.15) is 0 Å². The van der Waals surface area contributed by atoms with Gasteiger partial charge < -0.3 is 26.2 Å². The third-order valence-corrected chi connectivity index (χ3v) is 4.99. The molecule has 6 nitrogen and oxygen atoms in total. The minimum atomic E-state index is -1.27. The van der Waals surface area contributed by atoms with E-state index < -0.39 is 18.6 Å². The Kier molecular flexibility index (Phi) is 4.74. The molecule has 20 heavy (non-hydrogen) atoms. The molecule has 6 N–H and O–H groups in total. The molecule has 1 saturated heterocycles. The maximum absolute atomic E-state index is 11.6. The maximum atomic E-state index is 11.6. The normalized spacial score (nSPS) is 36.6. The Morgan fingerprint density at radius 1 is 1.40 bits per heavy atom. The number of carboxylic acids is 1. The van der Waals surface area contributed by atoms with Crippen LogP contribution in [0.2, 0.25) is 6.32 Å². The molecule has 7 heteroatoms. The smallest absolute Gasteiger partial charge is 0.451 e. The number of carboxylic acid groups (broad SMARTS) is 1. The Labute approximate surface area is 119 Å². The van der Waals surface area contributed by atoms with Crippen LogP contribution in [0.1, 0.15) is 44.9 Å². The van der Waals surface area contributed by atoms with Crippen LogP contribution in [-0.4, -0.2) is 45.9 Å². The van der Waals surface area contributed by atoms with E-state index in [9.17, 15) is 9.90 Å². The van der Waals surface area contributed by atoms with E-state index in [0.717, 1.165) is 38.6 Å². The van der Waals surface area contributed by atoms with Crippen molar-refractivity contribution in [2.45, 2.75) is 62.3 Å². The maximum Gasteiger partial charge on any atom is 0.451 e. The molecule has 2 aliphatic rings. The first-order chi connectivity index (χ1) is 9.38. The number of nitrogens with one attached hydrogen (secondary N) is 1. The first-order valence-electron chi connectivity index (χ1n) is 7.51. The van der Waals surface area contributed by atoms with E-state index in [1.165, 1.54) is 0 Å². The van der Waals surface area contributed by atoms with Crippen LogP contribution in [-0.2, 0) is 4.79 Å². The molecule has 3 atom stereocenters. The second kappa shape index (κ2) is 6.01. The summed E-state index contributed by atoms with van der Waals surface area (Å²) >= 11 is 0. The summed E-state index contributed by atoms with van der Waals surface area (Å²) in [7, 11) is -1.27. The average Bonchev–Trinajstić information content (AvgIpc) is 2.91. The molecule has 0 radical (unpaired) electrons. The van der Waals surface area contributed by atoms with Crippen molar-refractivity contribution in [2.75, 3.05) is 6.54 Å². The fourth-order valence-corrected chi connectivity index (χ4v) is 3.95. The molecule has 3 unspecified atom stereocenters. The zero-order valence-electron chi connectivity index (χ0n) is 11.8. The minimum absolute atomic E-state index is 0.0403. The third kappa shape index (κ3) is 3.16. The van der Waals surface area contributed by atoms with Crippen LogP contribution in [0.5, 0.6) is 0 Å². The number of hydrogen-bond acceptors (Lipinski definition) is 5. The predicted molar refractivity (Wildman–Crippen MR) is 76.1 cm³/mol. The van der Waals surface area contributed by atoms with Crippen molar-refractivity contribution in [3.8, 4) is 0 Å². The SMILES string of the molecule is NC1(C(=O)O)CC2(CCCN2)CC1CCCCB(O)O. The van der Waals surface area contributed by atoms with E-state index >= 15 is 0 Å². The predicted octanol–water partition coefficient (Wildman–Crippen LogP) is -0.0562. The van der Waals surface area contributed by atoms with Gasteiger partial charge in [0.05, 0.1) is 0 Å². The highest BCUT2D eigenvalue weighted by Gasteiger charge is 2.56. The van der Waals surface area contributed by atoms with Gasteiger partial charge in [0.1, 0.15) is 5.54 Å². The van der Waals surface area contributed by atoms with Gasteiger partial charge in [-0.3, -0.25) is 4.79 Å². The molecular formula is C13H25BN2O4. The Hall–Kier alpha value is -0.625. The van der Waals surface area contributed by atoms with Crippen LogP contribution in [0, 0.1) is 5.92 Å². The number of aliphatic carboxylic acids is 1. The zero-order chi connectivity index (χ0) is 14.8. The van der Waals surface area contributed by atoms with Crippen molar-refractivity contribution in [3.05, 3.63) is 0 Å². The molecule has 0 bridgehead atoms. The fraction of sp³-hybridized carbons (Fsp3) is 0.923. The van der Waals surface area contributed by atoms with E-state index in [2.05, 4.69) is 5.32 Å². The van der Waals surface area contributed by atoms with Gasteiger partial charge in [0.25, 0.3) is 0 Å². The molecule has 1 aliphatic heterocycles. The Morgan fingerprint density at radius 2 is 2.15 bits per heavy atom. The largest absolute Gasteiger partial charge is 0.480 e. The molecule has 2 rings (SSSR count). The van der Waals surface area contributed by atoms with Crippen LogP contribution in [0.3, 0.4) is 0 Å². The zero-order valence-corrected chi connectivity index (χ0v) is 11.8. The molecule has 1 spiro atoms. The average molecular weight is 284 g/mol. The first kappa shape index (κ1) is 15.8. The molecule has 1 heterocycles. The number of hydrogen-bond donors (Lipinski definition) is 5. The van der Waals surface area contributed by atoms with Crippen molar-refractivity contribution in [3.63, 3.8) is 0 Å². The van der Waals surface area contributed by atoms with Crippen molar-refractivity contribution in [2.24, 2.45) is 11.7 Å². The molecule has 0 aromatic heterocycles. The summed E-state index contributed by atoms with van der Waals surface area (Å²) in [5.74, 6) is -0.947. The second-order valence-electron chi connectivity index (χ2n) is 6.50. The summed E-state index contributed by atoms with van der Waals surface area (Å²) in [6.07, 6.45) is 5.94. The van der Waals surface area contributed by atoms with E-state index in [1.807, 2.05) is 0 Å². The van der Waals surface area contributed by atoms with Gasteiger partial charge in [-0.15, -0.1) is 0 Å². The molecule has 0 aromatic carbocycles. The first-order valence-corrected chi connectivity index (χ1v) is 7.51. The fourth-order valence-electron chi connectivity index (χ4n) is 3.95. The minimum Gasteiger partial charge on any atom is -0.480 e. The van der Waals surface area contributed by atoms with Crippen LogP contribution in [0.15, 0.2) is 0 Å². The van der Waals surface area contributed by atoms with E-state index in [0.29, 0.717) is 19.2 Å². The Morgan fingerprint density at radius 3 is 2.70 bits per heavy atom. The van der Waals surface area contributed by atoms with E-state index in [1.54, 1.807) is 0 Å². The van der Waals surface area contributed by atoms with Gasteiger partial charge in [0.15, 0.2) is 0 Å². The van der Waals surface area contributed by atoms with Crippen LogP contribution in [0.4, 0.5) is 0 Å². The monoisotopic (exact) mass is 284 g/mol. The Bertz CT molecular complexity index is 360. The van der Waals surface area contributed by atoms with Gasteiger partial charge in [0, 0.05) is 5.54 Å². The van der Waals surface area contributed by atoms with Gasteiger partial charge in [-0.25, -0.2) is 0 Å². The summed E-state index contributed by atoms with van der Waals surface area (Å²) in [6, 6.07) is 0. The highest BCUT2D eigenvalue weighted by molar-refractivity contribution is 6.40.